The average molecular weight is 1570 g/mol. The molecule has 3 aromatic heterocycles. The number of esters is 3. The Bertz CT molecular complexity index is 5680. The highest BCUT2D eigenvalue weighted by molar-refractivity contribution is 6.21. The second kappa shape index (κ2) is 36.9. The van der Waals surface area contributed by atoms with Crippen molar-refractivity contribution in [2.75, 3.05) is 59.5 Å². The molecule has 590 valence electrons. The van der Waals surface area contributed by atoms with Crippen molar-refractivity contribution < 1.29 is 71.6 Å². The lowest BCUT2D eigenvalue weighted by Gasteiger charge is -2.32. The summed E-state index contributed by atoms with van der Waals surface area (Å²) in [5.41, 5.74) is 10.2. The van der Waals surface area contributed by atoms with Crippen LogP contribution in [0.2, 0.25) is 0 Å². The van der Waals surface area contributed by atoms with E-state index in [9.17, 15) is 43.2 Å². The van der Waals surface area contributed by atoms with Gasteiger partial charge in [0.25, 0.3) is 0 Å². The number of hydrogen-bond acceptors (Lipinski definition) is 15. The van der Waals surface area contributed by atoms with E-state index in [0.29, 0.717) is 79.6 Å². The van der Waals surface area contributed by atoms with Gasteiger partial charge in [0.1, 0.15) is 19.8 Å². The van der Waals surface area contributed by atoms with E-state index in [1.807, 2.05) is 203 Å². The van der Waals surface area contributed by atoms with Gasteiger partial charge < -0.3 is 42.1 Å². The summed E-state index contributed by atoms with van der Waals surface area (Å²) >= 11 is 0. The molecule has 0 spiro atoms. The first kappa shape index (κ1) is 79.6. The van der Waals surface area contributed by atoms with Crippen LogP contribution in [-0.2, 0) is 62.4 Å². The third-order valence-electron chi connectivity index (χ3n) is 21.8. The number of carbonyl (C=O) groups is 9. The Morgan fingerprint density at radius 1 is 0.246 bits per heavy atom. The van der Waals surface area contributed by atoms with E-state index in [-0.39, 0.29) is 133 Å². The number of rotatable bonds is 38. The summed E-state index contributed by atoms with van der Waals surface area (Å²) in [5.74, 6) is -2.24. The molecule has 12 aromatic carbocycles. The quantitative estimate of drug-likeness (QED) is 0.0152. The van der Waals surface area contributed by atoms with Gasteiger partial charge in [0.05, 0.1) is 52.3 Å². The van der Waals surface area contributed by atoms with E-state index < -0.39 is 23.3 Å². The van der Waals surface area contributed by atoms with Crippen LogP contribution in [-0.4, -0.2) is 126 Å². The summed E-state index contributed by atoms with van der Waals surface area (Å²) in [4.78, 5) is 124. The SMILES string of the molecule is CCC(CCOCCOC(=O)CCn1c2ccc(C(=O)c3ccccc3)cc2c2cc(C(=O)c3ccccc3)ccc21)(COCCOC(=O)CCn1c2ccc(C(=O)c3ccccc3)cc2c2cc(C(=O)c3ccccc3)ccc21)COCCOC(=O)CCn1c2ccc(C(=O)c3ccccc3)cc2c2cc(C(=O)c3ccccc3)ccc21. The minimum absolute atomic E-state index is 0.000251. The molecule has 0 radical (unpaired) electrons. The van der Waals surface area contributed by atoms with E-state index in [1.54, 1.807) is 109 Å². The van der Waals surface area contributed by atoms with Gasteiger partial charge in [-0.05, 0) is 122 Å². The third kappa shape index (κ3) is 17.9. The van der Waals surface area contributed by atoms with Gasteiger partial charge in [-0.2, -0.15) is 0 Å². The van der Waals surface area contributed by atoms with Crippen LogP contribution in [0.5, 0.6) is 0 Å². The molecule has 18 nitrogen and oxygen atoms in total. The van der Waals surface area contributed by atoms with Gasteiger partial charge in [0.15, 0.2) is 34.7 Å². The molecule has 0 saturated carbocycles. The van der Waals surface area contributed by atoms with Crippen LogP contribution in [0.4, 0.5) is 0 Å². The molecule has 15 rings (SSSR count). The normalized spacial score (nSPS) is 11.6. The molecule has 0 aliphatic heterocycles. The van der Waals surface area contributed by atoms with Crippen LogP contribution in [0.15, 0.2) is 291 Å². The summed E-state index contributed by atoms with van der Waals surface area (Å²) in [6, 6.07) is 87.2. The monoisotopic (exact) mass is 1570 g/mol. The van der Waals surface area contributed by atoms with E-state index in [1.165, 1.54) is 0 Å². The van der Waals surface area contributed by atoms with Crippen LogP contribution in [0, 0.1) is 5.41 Å². The van der Waals surface area contributed by atoms with Crippen molar-refractivity contribution in [3.05, 3.63) is 358 Å². The number of aromatic nitrogens is 3. The molecule has 0 amide bonds. The van der Waals surface area contributed by atoms with E-state index >= 15 is 0 Å². The lowest BCUT2D eigenvalue weighted by molar-refractivity contribution is -0.148. The van der Waals surface area contributed by atoms with Gasteiger partial charge in [-0.15, -0.1) is 0 Å². The first-order valence-electron chi connectivity index (χ1n) is 39.7. The highest BCUT2D eigenvalue weighted by atomic mass is 16.6. The summed E-state index contributed by atoms with van der Waals surface area (Å²) in [6.45, 7) is 3.35. The summed E-state index contributed by atoms with van der Waals surface area (Å²) in [5, 5.41) is 4.55. The fourth-order valence-corrected chi connectivity index (χ4v) is 15.4. The van der Waals surface area contributed by atoms with Crippen molar-refractivity contribution in [3.8, 4) is 0 Å². The summed E-state index contributed by atoms with van der Waals surface area (Å²) in [7, 11) is 0. The number of benzene rings is 12. The van der Waals surface area contributed by atoms with Crippen LogP contribution in [0.3, 0.4) is 0 Å². The number of ether oxygens (including phenoxy) is 6. The third-order valence-corrected chi connectivity index (χ3v) is 21.8. The van der Waals surface area contributed by atoms with E-state index in [2.05, 4.69) is 0 Å². The maximum Gasteiger partial charge on any atom is 0.307 e. The first-order valence-corrected chi connectivity index (χ1v) is 39.7. The Morgan fingerprint density at radius 2 is 0.458 bits per heavy atom. The topological polar surface area (TPSA) is 224 Å². The van der Waals surface area contributed by atoms with Crippen molar-refractivity contribution in [2.24, 2.45) is 5.41 Å². The Labute approximate surface area is 681 Å². The minimum Gasteiger partial charge on any atom is -0.463 e. The van der Waals surface area contributed by atoms with Gasteiger partial charge in [-0.25, -0.2) is 0 Å². The number of nitrogens with zero attached hydrogens (tertiary/aromatic N) is 3. The van der Waals surface area contributed by atoms with Gasteiger partial charge in [-0.3, -0.25) is 43.2 Å². The maximum absolute atomic E-state index is 13.8. The molecule has 3 heterocycles. The molecular weight excluding hydrogens is 1480 g/mol. The zero-order valence-corrected chi connectivity index (χ0v) is 65.2. The maximum atomic E-state index is 13.8. The number of fused-ring (bicyclic) bond motifs is 9. The predicted octanol–water partition coefficient (Wildman–Crippen LogP) is 18.4. The second-order valence-electron chi connectivity index (χ2n) is 29.2. The zero-order valence-electron chi connectivity index (χ0n) is 65.2. The molecule has 0 saturated heterocycles. The smallest absolute Gasteiger partial charge is 0.307 e. The first-order chi connectivity index (χ1) is 57.7. The molecule has 0 aliphatic carbocycles. The number of ketones is 6. The standard InChI is InChI=1S/C100H85N3O15/c1-2-100(65-114-54-57-117-92(105)46-50-102-87-41-35-75(96(109)69-25-13-5-14-26-69)61-81(87)82-62-76(36-42-88(82)102)97(110)70-27-15-6-16-28-70,66-115-55-58-118-93(106)47-51-103-89-43-37-77(98(111)71-29-17-7-18-30-71)63-83(89)84-64-78(38-44-90(84)103)99(112)72-31-19-8-20-32-72)48-52-113-53-56-116-91(104)45-49-101-85-39-33-73(94(107)67-21-9-3-10-22-67)59-79(85)80-60-74(34-40-86(80)101)95(108)68-23-11-4-12-24-68/h3-44,59-64H,2,45-58,65-66H2,1H3. The van der Waals surface area contributed by atoms with Crippen molar-refractivity contribution >= 4 is 118 Å². The van der Waals surface area contributed by atoms with Gasteiger partial charge >= 0.3 is 17.9 Å². The summed E-state index contributed by atoms with van der Waals surface area (Å²) in [6.07, 6.45) is 1.01. The Morgan fingerprint density at radius 3 is 0.669 bits per heavy atom. The van der Waals surface area contributed by atoms with Crippen molar-refractivity contribution in [3.63, 3.8) is 0 Å². The fourth-order valence-electron chi connectivity index (χ4n) is 15.4. The fraction of sp³-hybridized carbons (Fsp3) is 0.190. The highest BCUT2D eigenvalue weighted by Gasteiger charge is 2.30. The van der Waals surface area contributed by atoms with E-state index in [4.69, 9.17) is 28.4 Å². The lowest BCUT2D eigenvalue weighted by Crippen LogP contribution is -2.34. The molecule has 0 aliphatic rings. The Kier molecular flexibility index (Phi) is 24.9. The van der Waals surface area contributed by atoms with E-state index in [0.717, 1.165) is 65.4 Å². The van der Waals surface area contributed by atoms with Crippen molar-refractivity contribution in [2.45, 2.75) is 58.7 Å². The molecule has 0 bridgehead atoms. The molecule has 0 atom stereocenters. The largest absolute Gasteiger partial charge is 0.463 e. The molecule has 0 unspecified atom stereocenters. The second-order valence-corrected chi connectivity index (χ2v) is 29.2. The van der Waals surface area contributed by atoms with Crippen LogP contribution >= 0.6 is 0 Å². The molecule has 15 aromatic rings. The Balaban J connectivity index is 0.587. The van der Waals surface area contributed by atoms with Gasteiger partial charge in [-0.1, -0.05) is 189 Å². The number of carbonyl (C=O) groups excluding carboxylic acids is 9. The molecule has 0 N–H and O–H groups in total. The van der Waals surface area contributed by atoms with Crippen LogP contribution < -0.4 is 0 Å². The lowest BCUT2D eigenvalue weighted by atomic mass is 9.83. The number of aryl methyl sites for hydroxylation is 3. The highest BCUT2D eigenvalue weighted by Crippen LogP contribution is 2.37. The minimum atomic E-state index is -0.653. The van der Waals surface area contributed by atoms with Crippen molar-refractivity contribution in [1.29, 1.82) is 0 Å². The Hall–Kier alpha value is -13.7. The summed E-state index contributed by atoms with van der Waals surface area (Å²) < 4.78 is 42.2. The molecule has 0 fully saturated rings. The molecule has 118 heavy (non-hydrogen) atoms. The van der Waals surface area contributed by atoms with Crippen LogP contribution in [0.1, 0.15) is 135 Å². The zero-order chi connectivity index (χ0) is 81.5. The molecule has 18 heteroatoms. The molecular formula is C100H85N3O15. The van der Waals surface area contributed by atoms with Crippen LogP contribution in [0.25, 0.3) is 65.4 Å². The van der Waals surface area contributed by atoms with Gasteiger partial charge in [0.2, 0.25) is 0 Å². The van der Waals surface area contributed by atoms with Gasteiger partial charge in [0, 0.05) is 164 Å². The predicted molar refractivity (Wildman–Crippen MR) is 454 cm³/mol. The van der Waals surface area contributed by atoms with Crippen molar-refractivity contribution in [1.82, 2.24) is 13.7 Å². The number of hydrogen-bond donors (Lipinski definition) is 0. The average Bonchev–Trinajstić information content (AvgIpc) is 1.61.